The Morgan fingerprint density at radius 1 is 0.854 bits per heavy atom. The number of hydrogen-bond donors (Lipinski definition) is 2. The number of nitrogens with zero attached hydrogens (tertiary/aromatic N) is 1. The lowest BCUT2D eigenvalue weighted by Gasteiger charge is -2.37. The fraction of sp³-hybridized carbons (Fsp3) is 0.289. The second-order valence-electron chi connectivity index (χ2n) is 11.8. The molecule has 0 radical (unpaired) electrons. The first kappa shape index (κ1) is 34.2. The van der Waals surface area contributed by atoms with Crippen LogP contribution in [0.25, 0.3) is 11.1 Å². The molecule has 0 aromatic heterocycles. The van der Waals surface area contributed by atoms with Crippen LogP contribution in [-0.4, -0.2) is 44.0 Å². The molecule has 1 saturated heterocycles. The molecule has 1 heterocycles. The van der Waals surface area contributed by atoms with E-state index in [1.807, 2.05) is 61.5 Å². The molecule has 0 spiro atoms. The summed E-state index contributed by atoms with van der Waals surface area (Å²) in [5, 5.41) is 5.81. The van der Waals surface area contributed by atoms with E-state index in [2.05, 4.69) is 15.5 Å². The molecule has 2 atom stereocenters. The molecule has 0 bridgehead atoms. The second-order valence-corrected chi connectivity index (χ2v) is 11.8. The van der Waals surface area contributed by atoms with Crippen molar-refractivity contribution in [2.45, 2.75) is 44.3 Å². The van der Waals surface area contributed by atoms with Crippen molar-refractivity contribution in [2.75, 3.05) is 30.4 Å². The van der Waals surface area contributed by atoms with Gasteiger partial charge in [-0.3, -0.25) is 9.59 Å². The number of esters is 1. The Morgan fingerprint density at radius 2 is 1.48 bits per heavy atom. The molecule has 7 nitrogen and oxygen atoms in total. The molecule has 2 N–H and O–H groups in total. The highest BCUT2D eigenvalue weighted by Crippen LogP contribution is 2.36. The van der Waals surface area contributed by atoms with Crippen LogP contribution in [0, 0.1) is 5.92 Å². The Hall–Kier alpha value is -5.12. The van der Waals surface area contributed by atoms with Gasteiger partial charge in [0.1, 0.15) is 6.04 Å². The van der Waals surface area contributed by atoms with Gasteiger partial charge in [-0.2, -0.15) is 13.2 Å². The van der Waals surface area contributed by atoms with Crippen LogP contribution >= 0.6 is 0 Å². The van der Waals surface area contributed by atoms with Crippen LogP contribution in [0.3, 0.4) is 0 Å². The topological polar surface area (TPSA) is 87.7 Å². The predicted molar refractivity (Wildman–Crippen MR) is 180 cm³/mol. The van der Waals surface area contributed by atoms with Crippen molar-refractivity contribution >= 4 is 29.2 Å². The van der Waals surface area contributed by atoms with Crippen molar-refractivity contribution in [2.24, 2.45) is 5.92 Å². The molecule has 1 aliphatic rings. The fourth-order valence-corrected chi connectivity index (χ4v) is 6.25. The molecule has 1 fully saturated rings. The number of anilines is 2. The van der Waals surface area contributed by atoms with E-state index >= 15 is 0 Å². The average Bonchev–Trinajstić information content (AvgIpc) is 3.11. The summed E-state index contributed by atoms with van der Waals surface area (Å²) in [5.41, 5.74) is 3.10. The number of hydrogen-bond acceptors (Lipinski definition) is 5. The first-order chi connectivity index (χ1) is 23.1. The molecule has 5 rings (SSSR count). The lowest BCUT2D eigenvalue weighted by molar-refractivity contribution is -0.145. The van der Waals surface area contributed by atoms with Gasteiger partial charge in [-0.05, 0) is 84.3 Å². The quantitative estimate of drug-likeness (QED) is 0.171. The third-order valence-electron chi connectivity index (χ3n) is 8.85. The Balaban J connectivity index is 1.23. The summed E-state index contributed by atoms with van der Waals surface area (Å²) in [6.45, 7) is 3.28. The number of halogens is 3. The predicted octanol–water partition coefficient (Wildman–Crippen LogP) is 7.69. The highest BCUT2D eigenvalue weighted by Gasteiger charge is 2.35. The maximum atomic E-state index is 13.6. The van der Waals surface area contributed by atoms with Gasteiger partial charge >= 0.3 is 12.1 Å². The largest absolute Gasteiger partial charge is 0.467 e. The van der Waals surface area contributed by atoms with Crippen molar-refractivity contribution in [1.29, 1.82) is 0 Å². The minimum atomic E-state index is -4.44. The summed E-state index contributed by atoms with van der Waals surface area (Å²) in [5.74, 6) is -1.36. The van der Waals surface area contributed by atoms with Crippen molar-refractivity contribution in [1.82, 2.24) is 5.32 Å². The fourth-order valence-electron chi connectivity index (χ4n) is 6.25. The van der Waals surface area contributed by atoms with Crippen LogP contribution in [0.2, 0.25) is 0 Å². The van der Waals surface area contributed by atoms with E-state index in [1.165, 1.54) is 19.2 Å². The zero-order chi connectivity index (χ0) is 34.3. The SMILES string of the molecule is CCC(NC(=O)C(c1ccccc1)C1CCN(c2ccc(NC(=O)c3ccccc3-c3ccc(C(F)(F)F)cc3)cc2)CC1)C(=O)OC. The minimum absolute atomic E-state index is 0.0714. The number of amides is 2. The third kappa shape index (κ3) is 8.05. The number of piperidine rings is 1. The maximum Gasteiger partial charge on any atom is 0.416 e. The smallest absolute Gasteiger partial charge is 0.416 e. The monoisotopic (exact) mass is 657 g/mol. The van der Waals surface area contributed by atoms with Gasteiger partial charge in [0.15, 0.2) is 0 Å². The normalized spacial score (nSPS) is 14.9. The number of ether oxygens (including phenoxy) is 1. The first-order valence-corrected chi connectivity index (χ1v) is 15.9. The Kier molecular flexibility index (Phi) is 10.8. The first-order valence-electron chi connectivity index (χ1n) is 15.9. The van der Waals surface area contributed by atoms with Gasteiger partial charge in [0, 0.05) is 30.0 Å². The van der Waals surface area contributed by atoms with E-state index in [9.17, 15) is 27.6 Å². The summed E-state index contributed by atoms with van der Waals surface area (Å²) in [6.07, 6.45) is -2.48. The van der Waals surface area contributed by atoms with E-state index in [1.54, 1.807) is 24.3 Å². The van der Waals surface area contributed by atoms with E-state index in [0.29, 0.717) is 28.8 Å². The van der Waals surface area contributed by atoms with Gasteiger partial charge in [-0.15, -0.1) is 0 Å². The summed E-state index contributed by atoms with van der Waals surface area (Å²) >= 11 is 0. The van der Waals surface area contributed by atoms with E-state index in [-0.39, 0.29) is 17.7 Å². The van der Waals surface area contributed by atoms with Crippen LogP contribution in [0.5, 0.6) is 0 Å². The molecular weight excluding hydrogens is 619 g/mol. The highest BCUT2D eigenvalue weighted by atomic mass is 19.4. The number of benzene rings is 4. The maximum absolute atomic E-state index is 13.6. The van der Waals surface area contributed by atoms with E-state index in [0.717, 1.165) is 49.3 Å². The Labute approximate surface area is 278 Å². The average molecular weight is 658 g/mol. The number of nitrogens with one attached hydrogen (secondary N) is 2. The minimum Gasteiger partial charge on any atom is -0.467 e. The van der Waals surface area contributed by atoms with Crippen LogP contribution in [0.15, 0.2) is 103 Å². The van der Waals surface area contributed by atoms with Gasteiger partial charge < -0.3 is 20.3 Å². The van der Waals surface area contributed by atoms with Gasteiger partial charge in [0.2, 0.25) is 5.91 Å². The second kappa shape index (κ2) is 15.2. The molecule has 250 valence electrons. The van der Waals surface area contributed by atoms with Crippen LogP contribution in [-0.2, 0) is 20.5 Å². The molecular formula is C38H38F3N3O4. The molecule has 4 aromatic rings. The molecule has 1 aliphatic heterocycles. The van der Waals surface area contributed by atoms with Crippen molar-refractivity contribution in [3.05, 3.63) is 120 Å². The third-order valence-corrected chi connectivity index (χ3v) is 8.85. The van der Waals surface area contributed by atoms with Gasteiger partial charge in [-0.25, -0.2) is 4.79 Å². The number of alkyl halides is 3. The van der Waals surface area contributed by atoms with Crippen LogP contribution in [0.4, 0.5) is 24.5 Å². The van der Waals surface area contributed by atoms with E-state index < -0.39 is 29.7 Å². The Morgan fingerprint density at radius 3 is 2.08 bits per heavy atom. The van der Waals surface area contributed by atoms with Gasteiger partial charge in [-0.1, -0.05) is 67.6 Å². The van der Waals surface area contributed by atoms with Crippen molar-refractivity contribution in [3.8, 4) is 11.1 Å². The molecule has 48 heavy (non-hydrogen) atoms. The molecule has 10 heteroatoms. The molecule has 0 aliphatic carbocycles. The van der Waals surface area contributed by atoms with E-state index in [4.69, 9.17) is 4.74 Å². The van der Waals surface area contributed by atoms with Gasteiger partial charge in [0.25, 0.3) is 5.91 Å². The zero-order valence-electron chi connectivity index (χ0n) is 26.8. The van der Waals surface area contributed by atoms with Crippen molar-refractivity contribution < 1.29 is 32.3 Å². The zero-order valence-corrected chi connectivity index (χ0v) is 26.8. The Bertz CT molecular complexity index is 1700. The van der Waals surface area contributed by atoms with Crippen LogP contribution in [0.1, 0.15) is 53.6 Å². The number of rotatable bonds is 10. The standard InChI is InChI=1S/C38H38F3N3O4/c1-3-33(37(47)48-2)43-36(46)34(26-9-5-4-6-10-26)27-21-23-44(24-22-27)30-19-17-29(18-20-30)42-35(45)32-12-8-7-11-31(32)25-13-15-28(16-14-25)38(39,40)41/h4-20,27,33-34H,3,21-24H2,1-2H3,(H,42,45)(H,43,46). The highest BCUT2D eigenvalue weighted by molar-refractivity contribution is 6.08. The number of methoxy groups -OCH3 is 1. The lowest BCUT2D eigenvalue weighted by atomic mass is 9.79. The summed E-state index contributed by atoms with van der Waals surface area (Å²) in [4.78, 5) is 41.3. The molecule has 2 amide bonds. The summed E-state index contributed by atoms with van der Waals surface area (Å²) in [6, 6.07) is 28.0. The molecule has 4 aromatic carbocycles. The summed E-state index contributed by atoms with van der Waals surface area (Å²) in [7, 11) is 1.31. The van der Waals surface area contributed by atoms with Gasteiger partial charge in [0.05, 0.1) is 18.6 Å². The molecule has 0 saturated carbocycles. The van der Waals surface area contributed by atoms with Crippen LogP contribution < -0.4 is 15.5 Å². The molecule has 2 unspecified atom stereocenters. The number of carbonyl (C=O) groups is 3. The lowest BCUT2D eigenvalue weighted by Crippen LogP contribution is -2.46. The summed E-state index contributed by atoms with van der Waals surface area (Å²) < 4.78 is 44.0. The van der Waals surface area contributed by atoms with Crippen molar-refractivity contribution in [3.63, 3.8) is 0 Å². The number of carbonyl (C=O) groups excluding carboxylic acids is 3.